The first kappa shape index (κ1) is 17.8. The van der Waals surface area contributed by atoms with Crippen LogP contribution >= 0.6 is 0 Å². The molecular weight excluding hydrogens is 288 g/mol. The molecule has 122 valence electrons. The Morgan fingerprint density at radius 1 is 1.36 bits per heavy atom. The lowest BCUT2D eigenvalue weighted by Crippen LogP contribution is -2.40. The van der Waals surface area contributed by atoms with Gasteiger partial charge in [-0.1, -0.05) is 13.8 Å². The molecule has 0 saturated carbocycles. The summed E-state index contributed by atoms with van der Waals surface area (Å²) in [6, 6.07) is 4.80. The molecule has 1 rings (SSSR count). The Labute approximate surface area is 129 Å². The highest BCUT2D eigenvalue weighted by atomic mass is 16.5. The van der Waals surface area contributed by atoms with Crippen molar-refractivity contribution in [2.45, 2.75) is 20.0 Å². The van der Waals surface area contributed by atoms with Gasteiger partial charge in [-0.3, -0.25) is 9.59 Å². The van der Waals surface area contributed by atoms with Gasteiger partial charge in [-0.2, -0.15) is 0 Å². The average Bonchev–Trinajstić information content (AvgIpc) is 2.49. The molecule has 4 N–H and O–H groups in total. The third kappa shape index (κ3) is 5.25. The SMILES string of the molecule is COc1ccc(C(=O)NC[C@H](O)C(N)=O)c(OCC(C)C)c1. The van der Waals surface area contributed by atoms with E-state index in [4.69, 9.17) is 15.2 Å². The smallest absolute Gasteiger partial charge is 0.255 e. The number of carbonyl (C=O) groups excluding carboxylic acids is 2. The van der Waals surface area contributed by atoms with Crippen LogP contribution in [0.4, 0.5) is 0 Å². The van der Waals surface area contributed by atoms with Crippen LogP contribution in [-0.2, 0) is 4.79 Å². The summed E-state index contributed by atoms with van der Waals surface area (Å²) in [5.41, 5.74) is 5.22. The molecular formula is C15H22N2O5. The molecule has 0 saturated heterocycles. The van der Waals surface area contributed by atoms with Crippen LogP contribution in [0.15, 0.2) is 18.2 Å². The molecule has 7 heteroatoms. The van der Waals surface area contributed by atoms with Crippen LogP contribution in [0.1, 0.15) is 24.2 Å². The second kappa shape index (κ2) is 8.23. The molecule has 0 fully saturated rings. The lowest BCUT2D eigenvalue weighted by Gasteiger charge is -2.15. The fourth-order valence-electron chi connectivity index (χ4n) is 1.58. The van der Waals surface area contributed by atoms with E-state index in [9.17, 15) is 14.7 Å². The van der Waals surface area contributed by atoms with Crippen LogP contribution in [0.25, 0.3) is 0 Å². The molecule has 0 aliphatic rings. The van der Waals surface area contributed by atoms with Gasteiger partial charge in [0.1, 0.15) is 17.6 Å². The van der Waals surface area contributed by atoms with Gasteiger partial charge in [0.05, 0.1) is 25.8 Å². The zero-order valence-electron chi connectivity index (χ0n) is 13.0. The molecule has 0 radical (unpaired) electrons. The number of benzene rings is 1. The average molecular weight is 310 g/mol. The molecule has 22 heavy (non-hydrogen) atoms. The number of amides is 2. The number of ether oxygens (including phenoxy) is 2. The summed E-state index contributed by atoms with van der Waals surface area (Å²) in [5, 5.41) is 11.7. The van der Waals surface area contributed by atoms with E-state index in [-0.39, 0.29) is 12.1 Å². The maximum atomic E-state index is 12.1. The first-order chi connectivity index (χ1) is 10.3. The molecule has 0 aliphatic carbocycles. The molecule has 1 aromatic carbocycles. The van der Waals surface area contributed by atoms with Crippen LogP contribution in [0, 0.1) is 5.92 Å². The maximum Gasteiger partial charge on any atom is 0.255 e. The zero-order chi connectivity index (χ0) is 16.7. The van der Waals surface area contributed by atoms with Crippen LogP contribution in [-0.4, -0.2) is 43.3 Å². The largest absolute Gasteiger partial charge is 0.497 e. The van der Waals surface area contributed by atoms with Crippen LogP contribution in [0.5, 0.6) is 11.5 Å². The summed E-state index contributed by atoms with van der Waals surface area (Å²) in [7, 11) is 1.52. The number of nitrogens with one attached hydrogen (secondary N) is 1. The summed E-state index contributed by atoms with van der Waals surface area (Å²) in [6.45, 7) is 4.16. The lowest BCUT2D eigenvalue weighted by molar-refractivity contribution is -0.125. The number of carbonyl (C=O) groups is 2. The van der Waals surface area contributed by atoms with E-state index in [2.05, 4.69) is 5.32 Å². The molecule has 1 aromatic rings. The second-order valence-corrected chi connectivity index (χ2v) is 5.20. The van der Waals surface area contributed by atoms with Crippen molar-refractivity contribution in [1.29, 1.82) is 0 Å². The summed E-state index contributed by atoms with van der Waals surface area (Å²) in [4.78, 5) is 22.9. The summed E-state index contributed by atoms with van der Waals surface area (Å²) in [5.74, 6) is -0.140. The number of aliphatic hydroxyl groups excluding tert-OH is 1. The third-order valence-corrected chi connectivity index (χ3v) is 2.79. The highest BCUT2D eigenvalue weighted by Crippen LogP contribution is 2.25. The van der Waals surface area contributed by atoms with E-state index >= 15 is 0 Å². The van der Waals surface area contributed by atoms with Crippen LogP contribution in [0.2, 0.25) is 0 Å². The van der Waals surface area contributed by atoms with E-state index in [0.29, 0.717) is 24.0 Å². The topological polar surface area (TPSA) is 111 Å². The minimum Gasteiger partial charge on any atom is -0.497 e. The van der Waals surface area contributed by atoms with Crippen molar-refractivity contribution in [1.82, 2.24) is 5.32 Å². The van der Waals surface area contributed by atoms with E-state index < -0.39 is 17.9 Å². The highest BCUT2D eigenvalue weighted by molar-refractivity contribution is 5.97. The summed E-state index contributed by atoms with van der Waals surface area (Å²) in [6.07, 6.45) is -1.43. The Bertz CT molecular complexity index is 531. The maximum absolute atomic E-state index is 12.1. The number of rotatable bonds is 8. The van der Waals surface area contributed by atoms with E-state index in [1.54, 1.807) is 18.2 Å². The first-order valence-corrected chi connectivity index (χ1v) is 6.91. The van der Waals surface area contributed by atoms with E-state index in [0.717, 1.165) is 0 Å². The Morgan fingerprint density at radius 3 is 2.59 bits per heavy atom. The zero-order valence-corrected chi connectivity index (χ0v) is 13.0. The van der Waals surface area contributed by atoms with Gasteiger partial charge in [-0.25, -0.2) is 0 Å². The van der Waals surface area contributed by atoms with Crippen LogP contribution in [0.3, 0.4) is 0 Å². The van der Waals surface area contributed by atoms with Gasteiger partial charge >= 0.3 is 0 Å². The molecule has 7 nitrogen and oxygen atoms in total. The van der Waals surface area contributed by atoms with E-state index in [1.807, 2.05) is 13.8 Å². The Kier molecular flexibility index (Phi) is 6.65. The number of hydrogen-bond donors (Lipinski definition) is 3. The number of hydrogen-bond acceptors (Lipinski definition) is 5. The van der Waals surface area contributed by atoms with Gasteiger partial charge in [-0.15, -0.1) is 0 Å². The highest BCUT2D eigenvalue weighted by Gasteiger charge is 2.17. The number of aliphatic hydroxyl groups is 1. The van der Waals surface area contributed by atoms with Crippen molar-refractivity contribution >= 4 is 11.8 Å². The van der Waals surface area contributed by atoms with Gasteiger partial charge in [0, 0.05) is 6.07 Å². The van der Waals surface area contributed by atoms with Crippen molar-refractivity contribution in [3.05, 3.63) is 23.8 Å². The normalized spacial score (nSPS) is 11.9. The van der Waals surface area contributed by atoms with Crippen molar-refractivity contribution in [3.63, 3.8) is 0 Å². The monoisotopic (exact) mass is 310 g/mol. The molecule has 0 aliphatic heterocycles. The lowest BCUT2D eigenvalue weighted by atomic mass is 10.1. The first-order valence-electron chi connectivity index (χ1n) is 6.91. The molecule has 0 unspecified atom stereocenters. The van der Waals surface area contributed by atoms with Crippen molar-refractivity contribution in [2.75, 3.05) is 20.3 Å². The minimum atomic E-state index is -1.43. The number of nitrogens with two attached hydrogens (primary N) is 1. The third-order valence-electron chi connectivity index (χ3n) is 2.79. The Balaban J connectivity index is 2.86. The van der Waals surface area contributed by atoms with Crippen molar-refractivity contribution < 1.29 is 24.2 Å². The standard InChI is InChI=1S/C15H22N2O5/c1-9(2)8-22-13-6-10(21-3)4-5-11(13)15(20)17-7-12(18)14(16)19/h4-6,9,12,18H,7-8H2,1-3H3,(H2,16,19)(H,17,20)/t12-/m0/s1. The van der Waals surface area contributed by atoms with Crippen molar-refractivity contribution in [3.8, 4) is 11.5 Å². The number of primary amides is 1. The molecule has 0 bridgehead atoms. The van der Waals surface area contributed by atoms with E-state index in [1.165, 1.54) is 7.11 Å². The fraction of sp³-hybridized carbons (Fsp3) is 0.467. The fourth-order valence-corrected chi connectivity index (χ4v) is 1.58. The Hall–Kier alpha value is -2.28. The minimum absolute atomic E-state index is 0.260. The quantitative estimate of drug-likeness (QED) is 0.640. The van der Waals surface area contributed by atoms with Gasteiger partial charge in [-0.05, 0) is 18.1 Å². The molecule has 0 heterocycles. The molecule has 1 atom stereocenters. The summed E-state index contributed by atoms with van der Waals surface area (Å²) < 4.78 is 10.7. The van der Waals surface area contributed by atoms with Gasteiger partial charge in [0.15, 0.2) is 0 Å². The van der Waals surface area contributed by atoms with Gasteiger partial charge in [0.2, 0.25) is 5.91 Å². The predicted molar refractivity (Wildman–Crippen MR) is 80.9 cm³/mol. The van der Waals surface area contributed by atoms with Crippen LogP contribution < -0.4 is 20.5 Å². The van der Waals surface area contributed by atoms with Gasteiger partial charge in [0.25, 0.3) is 5.91 Å². The molecule has 0 aromatic heterocycles. The van der Waals surface area contributed by atoms with Gasteiger partial charge < -0.3 is 25.6 Å². The second-order valence-electron chi connectivity index (χ2n) is 5.20. The predicted octanol–water partition coefficient (Wildman–Crippen LogP) is 0.306. The molecule has 0 spiro atoms. The van der Waals surface area contributed by atoms with Crippen molar-refractivity contribution in [2.24, 2.45) is 11.7 Å². The Morgan fingerprint density at radius 2 is 2.05 bits per heavy atom. The molecule has 2 amide bonds. The summed E-state index contributed by atoms with van der Waals surface area (Å²) >= 11 is 0. The number of methoxy groups -OCH3 is 1.